The molecule has 2 amide bonds. The number of rotatable bonds is 5. The van der Waals surface area contributed by atoms with Crippen molar-refractivity contribution in [1.82, 2.24) is 31.1 Å². The second kappa shape index (κ2) is 8.44. The standard InChI is InChI=1S/C20H16N6O2S/c27-19(22-23-20(28)17-10-11-29-13-17)16-8-6-14(7-9-16)12-26-24-18(21-25-26)15-4-2-1-3-5-15/h1-11,13H,12H2,(H,22,27)(H,23,28). The number of carbonyl (C=O) groups excluding carboxylic acids is 2. The second-order valence-corrected chi connectivity index (χ2v) is 6.91. The van der Waals surface area contributed by atoms with Gasteiger partial charge < -0.3 is 0 Å². The van der Waals surface area contributed by atoms with E-state index in [2.05, 4.69) is 26.3 Å². The smallest absolute Gasteiger partial charge is 0.267 e. The first-order valence-corrected chi connectivity index (χ1v) is 9.68. The fraction of sp³-hybridized carbons (Fsp3) is 0.0500. The zero-order chi connectivity index (χ0) is 20.1. The van der Waals surface area contributed by atoms with Crippen LogP contribution in [0.3, 0.4) is 0 Å². The number of aromatic nitrogens is 4. The number of hydrogen-bond donors (Lipinski definition) is 2. The van der Waals surface area contributed by atoms with Crippen molar-refractivity contribution in [3.8, 4) is 11.4 Å². The molecule has 29 heavy (non-hydrogen) atoms. The van der Waals surface area contributed by atoms with Crippen LogP contribution in [0, 0.1) is 0 Å². The third-order valence-corrected chi connectivity index (χ3v) is 4.78. The molecule has 9 heteroatoms. The van der Waals surface area contributed by atoms with Crippen LogP contribution in [-0.2, 0) is 6.54 Å². The van der Waals surface area contributed by atoms with E-state index < -0.39 is 5.91 Å². The molecular formula is C20H16N6O2S. The summed E-state index contributed by atoms with van der Waals surface area (Å²) < 4.78 is 0. The van der Waals surface area contributed by atoms with Gasteiger partial charge in [-0.3, -0.25) is 20.4 Å². The van der Waals surface area contributed by atoms with Crippen LogP contribution in [0.1, 0.15) is 26.3 Å². The van der Waals surface area contributed by atoms with E-state index in [1.807, 2.05) is 30.3 Å². The van der Waals surface area contributed by atoms with Crippen LogP contribution in [0.2, 0.25) is 0 Å². The summed E-state index contributed by atoms with van der Waals surface area (Å²) in [6.45, 7) is 0.427. The minimum Gasteiger partial charge on any atom is -0.267 e. The van der Waals surface area contributed by atoms with Crippen LogP contribution in [-0.4, -0.2) is 32.0 Å². The van der Waals surface area contributed by atoms with Crippen LogP contribution >= 0.6 is 11.3 Å². The molecule has 0 fully saturated rings. The Balaban J connectivity index is 1.35. The van der Waals surface area contributed by atoms with E-state index in [9.17, 15) is 9.59 Å². The number of tetrazole rings is 1. The first kappa shape index (κ1) is 18.5. The van der Waals surface area contributed by atoms with Crippen LogP contribution in [0.4, 0.5) is 0 Å². The summed E-state index contributed by atoms with van der Waals surface area (Å²) in [5, 5.41) is 16.0. The maximum absolute atomic E-state index is 12.2. The normalized spacial score (nSPS) is 10.5. The molecule has 0 atom stereocenters. The summed E-state index contributed by atoms with van der Waals surface area (Å²) in [6.07, 6.45) is 0. The Hall–Kier alpha value is -3.85. The van der Waals surface area contributed by atoms with Gasteiger partial charge >= 0.3 is 0 Å². The predicted octanol–water partition coefficient (Wildman–Crippen LogP) is 2.52. The molecule has 0 spiro atoms. The lowest BCUT2D eigenvalue weighted by atomic mass is 10.1. The largest absolute Gasteiger partial charge is 0.270 e. The highest BCUT2D eigenvalue weighted by atomic mass is 32.1. The van der Waals surface area contributed by atoms with Gasteiger partial charge in [0.1, 0.15) is 0 Å². The van der Waals surface area contributed by atoms with Crippen molar-refractivity contribution in [2.45, 2.75) is 6.54 Å². The van der Waals surface area contributed by atoms with E-state index in [-0.39, 0.29) is 5.91 Å². The van der Waals surface area contributed by atoms with Crippen molar-refractivity contribution in [2.75, 3.05) is 0 Å². The molecule has 4 rings (SSSR count). The highest BCUT2D eigenvalue weighted by molar-refractivity contribution is 7.08. The van der Waals surface area contributed by atoms with E-state index >= 15 is 0 Å². The molecule has 0 radical (unpaired) electrons. The van der Waals surface area contributed by atoms with Gasteiger partial charge in [-0.25, -0.2) is 0 Å². The van der Waals surface area contributed by atoms with Crippen LogP contribution in [0.25, 0.3) is 11.4 Å². The third-order valence-electron chi connectivity index (χ3n) is 4.10. The lowest BCUT2D eigenvalue weighted by Crippen LogP contribution is -2.41. The number of benzene rings is 2. The average molecular weight is 404 g/mol. The number of carbonyl (C=O) groups is 2. The van der Waals surface area contributed by atoms with Gasteiger partial charge in [0.15, 0.2) is 0 Å². The number of hydrogen-bond acceptors (Lipinski definition) is 6. The molecule has 144 valence electrons. The topological polar surface area (TPSA) is 102 Å². The Morgan fingerprint density at radius 1 is 0.897 bits per heavy atom. The van der Waals surface area contributed by atoms with E-state index in [0.29, 0.717) is 23.5 Å². The van der Waals surface area contributed by atoms with E-state index in [0.717, 1.165) is 11.1 Å². The summed E-state index contributed by atoms with van der Waals surface area (Å²) in [7, 11) is 0. The Bertz CT molecular complexity index is 1110. The number of thiophene rings is 1. The molecule has 8 nitrogen and oxygen atoms in total. The second-order valence-electron chi connectivity index (χ2n) is 6.13. The van der Waals surface area contributed by atoms with Gasteiger partial charge in [-0.1, -0.05) is 42.5 Å². The molecule has 4 aromatic rings. The minimum absolute atomic E-state index is 0.359. The van der Waals surface area contributed by atoms with Crippen molar-refractivity contribution in [1.29, 1.82) is 0 Å². The fourth-order valence-electron chi connectivity index (χ4n) is 2.59. The maximum atomic E-state index is 12.2. The highest BCUT2D eigenvalue weighted by Crippen LogP contribution is 2.12. The molecule has 0 saturated heterocycles. The minimum atomic E-state index is -0.398. The zero-order valence-corrected chi connectivity index (χ0v) is 16.0. The molecular weight excluding hydrogens is 388 g/mol. The highest BCUT2D eigenvalue weighted by Gasteiger charge is 2.10. The first-order valence-electron chi connectivity index (χ1n) is 8.74. The number of nitrogens with one attached hydrogen (secondary N) is 2. The zero-order valence-electron chi connectivity index (χ0n) is 15.1. The molecule has 2 heterocycles. The molecule has 2 N–H and O–H groups in total. The molecule has 0 unspecified atom stereocenters. The molecule has 0 bridgehead atoms. The maximum Gasteiger partial charge on any atom is 0.270 e. The summed E-state index contributed by atoms with van der Waals surface area (Å²) in [5.74, 6) is -0.198. The Labute approximate surface area is 170 Å². The average Bonchev–Trinajstić information content (AvgIpc) is 3.45. The van der Waals surface area contributed by atoms with Crippen molar-refractivity contribution < 1.29 is 9.59 Å². The number of amides is 2. The van der Waals surface area contributed by atoms with Gasteiger partial charge in [-0.05, 0) is 34.4 Å². The van der Waals surface area contributed by atoms with E-state index in [1.54, 1.807) is 41.1 Å². The molecule has 0 aliphatic carbocycles. The Kier molecular flexibility index (Phi) is 5.39. The summed E-state index contributed by atoms with van der Waals surface area (Å²) in [5.41, 5.74) is 7.54. The number of nitrogens with zero attached hydrogens (tertiary/aromatic N) is 4. The van der Waals surface area contributed by atoms with E-state index in [4.69, 9.17) is 0 Å². The molecule has 0 saturated carbocycles. The summed E-state index contributed by atoms with van der Waals surface area (Å²) >= 11 is 1.41. The lowest BCUT2D eigenvalue weighted by molar-refractivity contribution is 0.0847. The Morgan fingerprint density at radius 2 is 1.62 bits per heavy atom. The monoisotopic (exact) mass is 404 g/mol. The third kappa shape index (κ3) is 4.53. The van der Waals surface area contributed by atoms with Crippen molar-refractivity contribution in [3.05, 3.63) is 88.1 Å². The van der Waals surface area contributed by atoms with Crippen LogP contribution < -0.4 is 10.9 Å². The van der Waals surface area contributed by atoms with Crippen molar-refractivity contribution >= 4 is 23.2 Å². The predicted molar refractivity (Wildman–Crippen MR) is 108 cm³/mol. The lowest BCUT2D eigenvalue weighted by Gasteiger charge is -2.07. The van der Waals surface area contributed by atoms with Gasteiger partial charge in [0.05, 0.1) is 12.1 Å². The van der Waals surface area contributed by atoms with Crippen LogP contribution in [0.5, 0.6) is 0 Å². The van der Waals surface area contributed by atoms with Gasteiger partial charge in [-0.15, -0.1) is 10.2 Å². The molecule has 2 aromatic heterocycles. The number of hydrazine groups is 1. The van der Waals surface area contributed by atoms with Gasteiger partial charge in [0.2, 0.25) is 5.82 Å². The van der Waals surface area contributed by atoms with Crippen molar-refractivity contribution in [3.63, 3.8) is 0 Å². The Morgan fingerprint density at radius 3 is 2.31 bits per heavy atom. The summed E-state index contributed by atoms with van der Waals surface area (Å²) in [6, 6.07) is 18.3. The van der Waals surface area contributed by atoms with Gasteiger partial charge in [0.25, 0.3) is 11.8 Å². The first-order chi connectivity index (χ1) is 14.2. The molecule has 0 aliphatic heterocycles. The van der Waals surface area contributed by atoms with Gasteiger partial charge in [-0.2, -0.15) is 16.1 Å². The van der Waals surface area contributed by atoms with Gasteiger partial charge in [0, 0.05) is 16.5 Å². The van der Waals surface area contributed by atoms with Crippen molar-refractivity contribution in [2.24, 2.45) is 0 Å². The van der Waals surface area contributed by atoms with Crippen LogP contribution in [0.15, 0.2) is 71.4 Å². The fourth-order valence-corrected chi connectivity index (χ4v) is 3.23. The SMILES string of the molecule is O=C(NNC(=O)c1ccsc1)c1ccc(Cn2nnc(-c3ccccc3)n2)cc1. The molecule has 2 aromatic carbocycles. The van der Waals surface area contributed by atoms with E-state index in [1.165, 1.54) is 16.1 Å². The summed E-state index contributed by atoms with van der Waals surface area (Å²) in [4.78, 5) is 25.5. The quantitative estimate of drug-likeness (QED) is 0.498. The molecule has 0 aliphatic rings.